The Morgan fingerprint density at radius 3 is 2.36 bits per heavy atom. The molecular weight excluding hydrogens is 361 g/mol. The number of pyridine rings is 1. The van der Waals surface area contributed by atoms with Crippen molar-refractivity contribution in [1.82, 2.24) is 9.88 Å². The number of quaternary nitrogens is 1. The van der Waals surface area contributed by atoms with Crippen LogP contribution in [-0.2, 0) is 6.54 Å². The molecule has 2 heterocycles. The SMILES string of the molecule is COc1c(Cl)cc(C(=O)N2CC[NH+](Cc3ccncc3)CC2)cc1Cl. The molecular formula is C18H20Cl2N3O2+. The summed E-state index contributed by atoms with van der Waals surface area (Å²) >= 11 is 12.3. The summed E-state index contributed by atoms with van der Waals surface area (Å²) in [6, 6.07) is 7.30. The molecule has 1 N–H and O–H groups in total. The van der Waals surface area contributed by atoms with Crippen LogP contribution in [0.25, 0.3) is 0 Å². The Hall–Kier alpha value is -1.82. The van der Waals surface area contributed by atoms with E-state index in [2.05, 4.69) is 4.98 Å². The molecule has 1 aliphatic heterocycles. The van der Waals surface area contributed by atoms with E-state index in [1.807, 2.05) is 29.4 Å². The van der Waals surface area contributed by atoms with Gasteiger partial charge in [0.05, 0.1) is 43.3 Å². The lowest BCUT2D eigenvalue weighted by Crippen LogP contribution is -3.13. The van der Waals surface area contributed by atoms with Gasteiger partial charge < -0.3 is 14.5 Å². The molecule has 1 aromatic carbocycles. The number of nitrogens with one attached hydrogen (secondary N) is 1. The van der Waals surface area contributed by atoms with Gasteiger partial charge in [-0.2, -0.15) is 0 Å². The number of carbonyl (C=O) groups excluding carboxylic acids is 1. The van der Waals surface area contributed by atoms with Crippen LogP contribution >= 0.6 is 23.2 Å². The van der Waals surface area contributed by atoms with E-state index in [1.54, 1.807) is 12.1 Å². The van der Waals surface area contributed by atoms with Crippen molar-refractivity contribution >= 4 is 29.1 Å². The van der Waals surface area contributed by atoms with Crippen LogP contribution in [0, 0.1) is 0 Å². The van der Waals surface area contributed by atoms with Gasteiger partial charge in [0.1, 0.15) is 6.54 Å². The van der Waals surface area contributed by atoms with Crippen molar-refractivity contribution in [2.45, 2.75) is 6.54 Å². The highest BCUT2D eigenvalue weighted by Gasteiger charge is 2.25. The van der Waals surface area contributed by atoms with Crippen molar-refractivity contribution in [3.05, 3.63) is 57.8 Å². The Bertz CT molecular complexity index is 724. The summed E-state index contributed by atoms with van der Waals surface area (Å²) in [4.78, 5) is 20.1. The molecule has 0 saturated carbocycles. The van der Waals surface area contributed by atoms with Gasteiger partial charge in [-0.05, 0) is 24.3 Å². The first kappa shape index (κ1) is 18.0. The van der Waals surface area contributed by atoms with Crippen LogP contribution in [0.2, 0.25) is 10.0 Å². The summed E-state index contributed by atoms with van der Waals surface area (Å²) in [5.74, 6) is 0.348. The van der Waals surface area contributed by atoms with Crippen LogP contribution in [0.3, 0.4) is 0 Å². The van der Waals surface area contributed by atoms with Gasteiger partial charge in [-0.3, -0.25) is 9.78 Å². The van der Waals surface area contributed by atoms with Crippen LogP contribution < -0.4 is 9.64 Å². The lowest BCUT2D eigenvalue weighted by Gasteiger charge is -2.32. The van der Waals surface area contributed by atoms with E-state index in [0.717, 1.165) is 19.6 Å². The van der Waals surface area contributed by atoms with Gasteiger partial charge in [-0.15, -0.1) is 0 Å². The number of amides is 1. The second kappa shape index (κ2) is 8.04. The number of hydrogen-bond donors (Lipinski definition) is 1. The number of aromatic nitrogens is 1. The third-order valence-corrected chi connectivity index (χ3v) is 4.97. The summed E-state index contributed by atoms with van der Waals surface area (Å²) in [7, 11) is 1.50. The van der Waals surface area contributed by atoms with Gasteiger partial charge in [0, 0.05) is 23.5 Å². The maximum atomic E-state index is 12.7. The molecule has 0 spiro atoms. The zero-order valence-corrected chi connectivity index (χ0v) is 15.5. The van der Waals surface area contributed by atoms with E-state index in [1.165, 1.54) is 17.6 Å². The van der Waals surface area contributed by atoms with Gasteiger partial charge in [0.15, 0.2) is 5.75 Å². The van der Waals surface area contributed by atoms with Gasteiger partial charge >= 0.3 is 0 Å². The maximum Gasteiger partial charge on any atom is 0.254 e. The minimum atomic E-state index is -0.0468. The highest BCUT2D eigenvalue weighted by atomic mass is 35.5. The van der Waals surface area contributed by atoms with Crippen LogP contribution in [0.5, 0.6) is 5.75 Å². The van der Waals surface area contributed by atoms with E-state index in [0.29, 0.717) is 34.4 Å². The average Bonchev–Trinajstić information content (AvgIpc) is 2.62. The quantitative estimate of drug-likeness (QED) is 0.881. The molecule has 2 aromatic rings. The number of methoxy groups -OCH3 is 1. The smallest absolute Gasteiger partial charge is 0.254 e. The molecule has 1 aliphatic rings. The molecule has 1 saturated heterocycles. The molecule has 7 heteroatoms. The number of benzene rings is 1. The molecule has 0 bridgehead atoms. The van der Waals surface area contributed by atoms with Gasteiger partial charge in [-0.25, -0.2) is 0 Å². The van der Waals surface area contributed by atoms with Crippen LogP contribution in [0.4, 0.5) is 0 Å². The third kappa shape index (κ3) is 4.24. The topological polar surface area (TPSA) is 46.9 Å². The first-order chi connectivity index (χ1) is 12.1. The second-order valence-electron chi connectivity index (χ2n) is 6.05. The Morgan fingerprint density at radius 2 is 1.80 bits per heavy atom. The molecule has 3 rings (SSSR count). The highest BCUT2D eigenvalue weighted by Crippen LogP contribution is 2.34. The molecule has 0 unspecified atom stereocenters. The predicted molar refractivity (Wildman–Crippen MR) is 97.6 cm³/mol. The molecule has 25 heavy (non-hydrogen) atoms. The minimum Gasteiger partial charge on any atom is -0.494 e. The van der Waals surface area contributed by atoms with Gasteiger partial charge in [0.2, 0.25) is 0 Å². The summed E-state index contributed by atoms with van der Waals surface area (Å²) in [6.45, 7) is 4.18. The predicted octanol–water partition coefficient (Wildman–Crippen LogP) is 1.94. The number of hydrogen-bond acceptors (Lipinski definition) is 3. The number of nitrogens with zero attached hydrogens (tertiary/aromatic N) is 2. The highest BCUT2D eigenvalue weighted by molar-refractivity contribution is 6.37. The lowest BCUT2D eigenvalue weighted by atomic mass is 10.1. The first-order valence-corrected chi connectivity index (χ1v) is 8.89. The Balaban J connectivity index is 1.62. The van der Waals surface area contributed by atoms with Crippen LogP contribution in [0.15, 0.2) is 36.7 Å². The summed E-state index contributed by atoms with van der Waals surface area (Å²) < 4.78 is 5.13. The van der Waals surface area contributed by atoms with Crippen LogP contribution in [-0.4, -0.2) is 49.1 Å². The monoisotopic (exact) mass is 380 g/mol. The number of halogens is 2. The van der Waals surface area contributed by atoms with Crippen molar-refractivity contribution in [2.75, 3.05) is 33.3 Å². The molecule has 0 aliphatic carbocycles. The van der Waals surface area contributed by atoms with E-state index < -0.39 is 0 Å². The van der Waals surface area contributed by atoms with Gasteiger partial charge in [-0.1, -0.05) is 23.2 Å². The Labute approximate surface area is 157 Å². The summed E-state index contributed by atoms with van der Waals surface area (Å²) in [5, 5.41) is 0.695. The van der Waals surface area contributed by atoms with Crippen molar-refractivity contribution < 1.29 is 14.4 Å². The lowest BCUT2D eigenvalue weighted by molar-refractivity contribution is -0.917. The molecule has 0 radical (unpaired) electrons. The molecule has 5 nitrogen and oxygen atoms in total. The summed E-state index contributed by atoms with van der Waals surface area (Å²) in [5.41, 5.74) is 1.76. The second-order valence-corrected chi connectivity index (χ2v) is 6.86. The van der Waals surface area contributed by atoms with E-state index in [9.17, 15) is 4.79 Å². The fraction of sp³-hybridized carbons (Fsp3) is 0.333. The zero-order chi connectivity index (χ0) is 17.8. The normalized spacial score (nSPS) is 15.2. The zero-order valence-electron chi connectivity index (χ0n) is 14.0. The number of piperazine rings is 1. The van der Waals surface area contributed by atoms with Crippen LogP contribution in [0.1, 0.15) is 15.9 Å². The molecule has 1 aromatic heterocycles. The number of ether oxygens (including phenoxy) is 1. The standard InChI is InChI=1S/C18H19Cl2N3O2/c1-25-17-15(19)10-14(11-16(17)20)18(24)23-8-6-22(7-9-23)12-13-2-4-21-5-3-13/h2-5,10-11H,6-9,12H2,1H3/p+1. The van der Waals surface area contributed by atoms with Crippen molar-refractivity contribution in [2.24, 2.45) is 0 Å². The summed E-state index contributed by atoms with van der Waals surface area (Å²) in [6.07, 6.45) is 3.62. The molecule has 1 amide bonds. The number of carbonyl (C=O) groups is 1. The van der Waals surface area contributed by atoms with E-state index >= 15 is 0 Å². The Kier molecular flexibility index (Phi) is 5.78. The molecule has 0 atom stereocenters. The van der Waals surface area contributed by atoms with E-state index in [-0.39, 0.29) is 5.91 Å². The minimum absolute atomic E-state index is 0.0468. The van der Waals surface area contributed by atoms with Gasteiger partial charge in [0.25, 0.3) is 5.91 Å². The maximum absolute atomic E-state index is 12.7. The van der Waals surface area contributed by atoms with E-state index in [4.69, 9.17) is 27.9 Å². The first-order valence-electron chi connectivity index (χ1n) is 8.13. The van der Waals surface area contributed by atoms with Crippen molar-refractivity contribution in [1.29, 1.82) is 0 Å². The van der Waals surface area contributed by atoms with Crippen molar-refractivity contribution in [3.8, 4) is 5.75 Å². The third-order valence-electron chi connectivity index (χ3n) is 4.41. The average molecular weight is 381 g/mol. The molecule has 1 fully saturated rings. The molecule has 132 valence electrons. The number of rotatable bonds is 4. The largest absolute Gasteiger partial charge is 0.494 e. The fourth-order valence-electron chi connectivity index (χ4n) is 3.05. The van der Waals surface area contributed by atoms with Crippen molar-refractivity contribution in [3.63, 3.8) is 0 Å². The fourth-order valence-corrected chi connectivity index (χ4v) is 3.69. The Morgan fingerprint density at radius 1 is 1.20 bits per heavy atom.